The van der Waals surface area contributed by atoms with E-state index in [2.05, 4.69) is 19.1 Å². The highest BCUT2D eigenvalue weighted by Crippen LogP contribution is 2.31. The number of rotatable bonds is 5. The van der Waals surface area contributed by atoms with Crippen molar-refractivity contribution in [3.63, 3.8) is 0 Å². The third-order valence-electron chi connectivity index (χ3n) is 4.45. The number of nitrogens with zero attached hydrogens (tertiary/aromatic N) is 1. The lowest BCUT2D eigenvalue weighted by Gasteiger charge is -2.32. The monoisotopic (exact) mass is 340 g/mol. The smallest absolute Gasteiger partial charge is 0.239 e. The van der Waals surface area contributed by atoms with Crippen molar-refractivity contribution >= 4 is 18.3 Å². The Morgan fingerprint density at radius 3 is 2.61 bits per heavy atom. The van der Waals surface area contributed by atoms with E-state index in [9.17, 15) is 4.79 Å². The molecule has 130 valence electrons. The van der Waals surface area contributed by atoms with Crippen LogP contribution < -0.4 is 10.5 Å². The number of benzene rings is 1. The van der Waals surface area contributed by atoms with E-state index in [0.717, 1.165) is 44.4 Å². The van der Waals surface area contributed by atoms with Gasteiger partial charge >= 0.3 is 0 Å². The quantitative estimate of drug-likeness (QED) is 0.889. The van der Waals surface area contributed by atoms with Crippen molar-refractivity contribution in [1.29, 1.82) is 0 Å². The molecule has 1 amide bonds. The minimum Gasteiger partial charge on any atom is -0.497 e. The normalized spacial score (nSPS) is 19.4. The van der Waals surface area contributed by atoms with Crippen molar-refractivity contribution in [2.24, 2.45) is 5.73 Å². The number of halogens is 1. The van der Waals surface area contributed by atoms with E-state index < -0.39 is 0 Å². The van der Waals surface area contributed by atoms with Crippen LogP contribution in [0, 0.1) is 0 Å². The summed E-state index contributed by atoms with van der Waals surface area (Å²) in [6, 6.07) is 7.84. The van der Waals surface area contributed by atoms with Crippen LogP contribution in [0.2, 0.25) is 0 Å². The van der Waals surface area contributed by atoms with Gasteiger partial charge in [0.25, 0.3) is 0 Å². The minimum atomic E-state index is -0.371. The predicted octanol–water partition coefficient (Wildman–Crippen LogP) is 3.69. The summed E-state index contributed by atoms with van der Waals surface area (Å²) < 4.78 is 5.23. The van der Waals surface area contributed by atoms with Crippen LogP contribution in [0.25, 0.3) is 0 Å². The molecule has 1 saturated heterocycles. The van der Waals surface area contributed by atoms with Gasteiger partial charge in [0.05, 0.1) is 19.2 Å². The summed E-state index contributed by atoms with van der Waals surface area (Å²) in [5.41, 5.74) is 7.26. The maximum absolute atomic E-state index is 12.7. The fourth-order valence-corrected chi connectivity index (χ4v) is 3.19. The number of carbonyl (C=O) groups is 1. The number of carbonyl (C=O) groups excluding carboxylic acids is 1. The van der Waals surface area contributed by atoms with Gasteiger partial charge in [-0.2, -0.15) is 0 Å². The molecule has 23 heavy (non-hydrogen) atoms. The molecule has 2 N–H and O–H groups in total. The van der Waals surface area contributed by atoms with Crippen LogP contribution in [-0.2, 0) is 4.79 Å². The van der Waals surface area contributed by atoms with Gasteiger partial charge in [0.2, 0.25) is 5.91 Å². The topological polar surface area (TPSA) is 55.6 Å². The van der Waals surface area contributed by atoms with Crippen molar-refractivity contribution in [2.75, 3.05) is 13.7 Å². The van der Waals surface area contributed by atoms with Gasteiger partial charge in [0, 0.05) is 6.54 Å². The van der Waals surface area contributed by atoms with E-state index >= 15 is 0 Å². The maximum atomic E-state index is 12.7. The SMILES string of the molecule is CCCC(N)C(=O)N1CCCCCC1c1ccc(OC)cc1.Cl. The Morgan fingerprint density at radius 2 is 2.00 bits per heavy atom. The first kappa shape index (κ1) is 19.8. The number of amides is 1. The molecule has 2 atom stereocenters. The fourth-order valence-electron chi connectivity index (χ4n) is 3.19. The van der Waals surface area contributed by atoms with Crippen LogP contribution in [0.3, 0.4) is 0 Å². The van der Waals surface area contributed by atoms with Crippen LogP contribution in [0.15, 0.2) is 24.3 Å². The van der Waals surface area contributed by atoms with E-state index in [1.807, 2.05) is 17.0 Å². The molecule has 1 fully saturated rings. The fraction of sp³-hybridized carbons (Fsp3) is 0.611. The Morgan fingerprint density at radius 1 is 1.30 bits per heavy atom. The number of nitrogens with two attached hydrogens (primary N) is 1. The molecular formula is C18H29ClN2O2. The number of hydrogen-bond donors (Lipinski definition) is 1. The molecule has 0 radical (unpaired) electrons. The molecule has 0 aromatic heterocycles. The maximum Gasteiger partial charge on any atom is 0.239 e. The summed E-state index contributed by atoms with van der Waals surface area (Å²) >= 11 is 0. The van der Waals surface area contributed by atoms with Crippen molar-refractivity contribution < 1.29 is 9.53 Å². The Hall–Kier alpha value is -1.26. The Kier molecular flexibility index (Phi) is 8.42. The molecule has 5 heteroatoms. The van der Waals surface area contributed by atoms with Gasteiger partial charge in [-0.1, -0.05) is 38.3 Å². The van der Waals surface area contributed by atoms with Crippen LogP contribution in [0.5, 0.6) is 5.75 Å². The molecule has 0 saturated carbocycles. The summed E-state index contributed by atoms with van der Waals surface area (Å²) in [5.74, 6) is 0.947. The molecule has 1 aromatic carbocycles. The molecule has 0 spiro atoms. The Balaban J connectivity index is 0.00000264. The summed E-state index contributed by atoms with van der Waals surface area (Å²) in [6.07, 6.45) is 6.11. The van der Waals surface area contributed by atoms with E-state index in [1.54, 1.807) is 7.11 Å². The van der Waals surface area contributed by atoms with Crippen LogP contribution in [0.4, 0.5) is 0 Å². The molecule has 4 nitrogen and oxygen atoms in total. The average molecular weight is 341 g/mol. The molecule has 1 heterocycles. The molecular weight excluding hydrogens is 312 g/mol. The molecule has 1 aliphatic rings. The highest BCUT2D eigenvalue weighted by molar-refractivity contribution is 5.85. The molecule has 1 aliphatic heterocycles. The number of methoxy groups -OCH3 is 1. The van der Waals surface area contributed by atoms with E-state index in [0.29, 0.717) is 0 Å². The zero-order valence-electron chi connectivity index (χ0n) is 14.2. The van der Waals surface area contributed by atoms with Gasteiger partial charge < -0.3 is 15.4 Å². The first-order chi connectivity index (χ1) is 10.7. The van der Waals surface area contributed by atoms with Crippen LogP contribution in [-0.4, -0.2) is 30.5 Å². The molecule has 1 aromatic rings. The van der Waals surface area contributed by atoms with Gasteiger partial charge in [-0.3, -0.25) is 4.79 Å². The van der Waals surface area contributed by atoms with Gasteiger partial charge in [-0.25, -0.2) is 0 Å². The molecule has 2 rings (SSSR count). The van der Waals surface area contributed by atoms with E-state index in [4.69, 9.17) is 10.5 Å². The standard InChI is InChI=1S/C18H28N2O2.ClH/c1-3-7-16(19)18(21)20-13-6-4-5-8-17(20)14-9-11-15(22-2)12-10-14;/h9-12,16-17H,3-8,13,19H2,1-2H3;1H. The molecule has 0 bridgehead atoms. The lowest BCUT2D eigenvalue weighted by Crippen LogP contribution is -2.45. The summed E-state index contributed by atoms with van der Waals surface area (Å²) in [6.45, 7) is 2.88. The summed E-state index contributed by atoms with van der Waals surface area (Å²) in [4.78, 5) is 14.7. The lowest BCUT2D eigenvalue weighted by atomic mass is 9.99. The Labute approximate surface area is 145 Å². The number of likely N-dealkylation sites (tertiary alicyclic amines) is 1. The highest BCUT2D eigenvalue weighted by Gasteiger charge is 2.29. The third kappa shape index (κ3) is 5.11. The first-order valence-electron chi connectivity index (χ1n) is 8.37. The van der Waals surface area contributed by atoms with E-state index in [-0.39, 0.29) is 30.4 Å². The second-order valence-electron chi connectivity index (χ2n) is 6.07. The van der Waals surface area contributed by atoms with Gasteiger partial charge in [0.1, 0.15) is 5.75 Å². The van der Waals surface area contributed by atoms with Crippen molar-refractivity contribution in [2.45, 2.75) is 57.5 Å². The summed E-state index contributed by atoms with van der Waals surface area (Å²) in [5, 5.41) is 0. The zero-order valence-corrected chi connectivity index (χ0v) is 15.0. The first-order valence-corrected chi connectivity index (χ1v) is 8.37. The second-order valence-corrected chi connectivity index (χ2v) is 6.07. The van der Waals surface area contributed by atoms with Crippen molar-refractivity contribution in [3.05, 3.63) is 29.8 Å². The predicted molar refractivity (Wildman–Crippen MR) is 96.0 cm³/mol. The zero-order chi connectivity index (χ0) is 15.9. The van der Waals surface area contributed by atoms with Gasteiger partial charge in [0.15, 0.2) is 0 Å². The van der Waals surface area contributed by atoms with Crippen molar-refractivity contribution in [3.8, 4) is 5.75 Å². The second kappa shape index (κ2) is 9.78. The number of ether oxygens (including phenoxy) is 1. The largest absolute Gasteiger partial charge is 0.497 e. The van der Waals surface area contributed by atoms with Crippen molar-refractivity contribution in [1.82, 2.24) is 4.90 Å². The van der Waals surface area contributed by atoms with Gasteiger partial charge in [-0.15, -0.1) is 12.4 Å². The highest BCUT2D eigenvalue weighted by atomic mass is 35.5. The molecule has 2 unspecified atom stereocenters. The van der Waals surface area contributed by atoms with Crippen LogP contribution in [0.1, 0.15) is 57.1 Å². The number of hydrogen-bond acceptors (Lipinski definition) is 3. The third-order valence-corrected chi connectivity index (χ3v) is 4.45. The lowest BCUT2D eigenvalue weighted by molar-refractivity contribution is -0.135. The average Bonchev–Trinajstić information content (AvgIpc) is 2.80. The van der Waals surface area contributed by atoms with Crippen LogP contribution >= 0.6 is 12.4 Å². The van der Waals surface area contributed by atoms with E-state index in [1.165, 1.54) is 12.0 Å². The Bertz CT molecular complexity index is 478. The summed E-state index contributed by atoms with van der Waals surface area (Å²) in [7, 11) is 1.67. The molecule has 0 aliphatic carbocycles. The van der Waals surface area contributed by atoms with Gasteiger partial charge in [-0.05, 0) is 37.0 Å². The minimum absolute atomic E-state index is 0.